The molecule has 1 aliphatic carbocycles. The van der Waals surface area contributed by atoms with E-state index in [1.807, 2.05) is 0 Å². The second-order valence-electron chi connectivity index (χ2n) is 8.40. The van der Waals surface area contributed by atoms with Gasteiger partial charge in [0.05, 0.1) is 10.6 Å². The van der Waals surface area contributed by atoms with Crippen LogP contribution in [0.25, 0.3) is 10.2 Å². The van der Waals surface area contributed by atoms with E-state index in [4.69, 9.17) is 0 Å². The molecule has 0 spiro atoms. The lowest BCUT2D eigenvalue weighted by molar-refractivity contribution is -0.113. The van der Waals surface area contributed by atoms with Crippen LogP contribution in [0.1, 0.15) is 42.5 Å². The zero-order chi connectivity index (χ0) is 22.8. The second-order valence-corrected chi connectivity index (χ2v) is 12.4. The highest BCUT2D eigenvalue weighted by molar-refractivity contribution is 8.00. The SMILES string of the molecule is O=C(CSc1ncnc2sc3c(c12)CCCC3)Nc1ccc(S(=O)(=O)N2CCCCC2)cc1. The van der Waals surface area contributed by atoms with Gasteiger partial charge in [-0.15, -0.1) is 11.3 Å². The number of nitrogens with one attached hydrogen (secondary N) is 1. The number of thiophene rings is 1. The quantitative estimate of drug-likeness (QED) is 0.395. The summed E-state index contributed by atoms with van der Waals surface area (Å²) in [5.41, 5.74) is 1.94. The van der Waals surface area contributed by atoms with E-state index < -0.39 is 10.0 Å². The summed E-state index contributed by atoms with van der Waals surface area (Å²) in [5, 5.41) is 4.84. The Labute approximate surface area is 202 Å². The van der Waals surface area contributed by atoms with Gasteiger partial charge in [-0.25, -0.2) is 18.4 Å². The Kier molecular flexibility index (Phi) is 6.69. The number of benzene rings is 1. The minimum Gasteiger partial charge on any atom is -0.325 e. The van der Waals surface area contributed by atoms with Gasteiger partial charge in [0.25, 0.3) is 0 Å². The Morgan fingerprint density at radius 3 is 2.58 bits per heavy atom. The molecule has 10 heteroatoms. The summed E-state index contributed by atoms with van der Waals surface area (Å²) in [6, 6.07) is 6.44. The molecule has 2 aromatic heterocycles. The number of hydrogen-bond donors (Lipinski definition) is 1. The number of anilines is 1. The first kappa shape index (κ1) is 22.8. The average molecular weight is 503 g/mol. The third-order valence-electron chi connectivity index (χ3n) is 6.15. The van der Waals surface area contributed by atoms with E-state index in [1.54, 1.807) is 46.2 Å². The molecule has 5 rings (SSSR count). The monoisotopic (exact) mass is 502 g/mol. The van der Waals surface area contributed by atoms with Crippen LogP contribution in [0.3, 0.4) is 0 Å². The number of hydrogen-bond acceptors (Lipinski definition) is 7. The first-order chi connectivity index (χ1) is 16.0. The van der Waals surface area contributed by atoms with Crippen LogP contribution < -0.4 is 5.32 Å². The van der Waals surface area contributed by atoms with E-state index >= 15 is 0 Å². The van der Waals surface area contributed by atoms with Gasteiger partial charge in [-0.3, -0.25) is 4.79 Å². The van der Waals surface area contributed by atoms with Crippen molar-refractivity contribution in [2.45, 2.75) is 54.9 Å². The molecule has 2 aliphatic rings. The number of carbonyl (C=O) groups is 1. The molecular formula is C23H26N4O3S3. The van der Waals surface area contributed by atoms with Crippen LogP contribution in [0, 0.1) is 0 Å². The largest absolute Gasteiger partial charge is 0.325 e. The number of rotatable bonds is 6. The van der Waals surface area contributed by atoms with Gasteiger partial charge in [-0.1, -0.05) is 18.2 Å². The molecule has 0 radical (unpaired) electrons. The van der Waals surface area contributed by atoms with Gasteiger partial charge in [0, 0.05) is 29.0 Å². The van der Waals surface area contributed by atoms with Crippen molar-refractivity contribution in [2.24, 2.45) is 0 Å². The number of thioether (sulfide) groups is 1. The molecule has 0 bridgehead atoms. The van der Waals surface area contributed by atoms with Crippen LogP contribution in [0.4, 0.5) is 5.69 Å². The number of amides is 1. The summed E-state index contributed by atoms with van der Waals surface area (Å²) in [6.45, 7) is 1.14. The Bertz CT molecular complexity index is 1270. The normalized spacial score (nSPS) is 17.1. The maximum atomic E-state index is 12.8. The maximum absolute atomic E-state index is 12.8. The highest BCUT2D eigenvalue weighted by Crippen LogP contribution is 2.39. The first-order valence-electron chi connectivity index (χ1n) is 11.3. The molecule has 1 saturated heterocycles. The molecule has 1 amide bonds. The molecule has 1 fully saturated rings. The Hall–Kier alpha value is -2.01. The van der Waals surface area contributed by atoms with Crippen LogP contribution in [0.5, 0.6) is 0 Å². The first-order valence-corrected chi connectivity index (χ1v) is 14.5. The standard InChI is InChI=1S/C23H26N4O3S3/c28-20(14-31-22-21-18-6-2-3-7-19(18)32-23(21)25-15-24-22)26-16-8-10-17(11-9-16)33(29,30)27-12-4-1-5-13-27/h8-11,15H,1-7,12-14H2,(H,26,28). The van der Waals surface area contributed by atoms with Crippen LogP contribution in [0.15, 0.2) is 40.5 Å². The highest BCUT2D eigenvalue weighted by Gasteiger charge is 2.26. The van der Waals surface area contributed by atoms with Crippen molar-refractivity contribution in [3.05, 3.63) is 41.0 Å². The van der Waals surface area contributed by atoms with Crippen molar-refractivity contribution in [1.29, 1.82) is 0 Å². The van der Waals surface area contributed by atoms with Gasteiger partial charge in [-0.05, 0) is 68.4 Å². The summed E-state index contributed by atoms with van der Waals surface area (Å²) < 4.78 is 27.1. The van der Waals surface area contributed by atoms with E-state index in [2.05, 4.69) is 15.3 Å². The molecule has 3 aromatic rings. The minimum absolute atomic E-state index is 0.150. The lowest BCUT2D eigenvalue weighted by atomic mass is 9.97. The van der Waals surface area contributed by atoms with Crippen molar-refractivity contribution in [1.82, 2.24) is 14.3 Å². The van der Waals surface area contributed by atoms with E-state index in [-0.39, 0.29) is 16.6 Å². The van der Waals surface area contributed by atoms with Crippen molar-refractivity contribution in [2.75, 3.05) is 24.2 Å². The molecule has 3 heterocycles. The molecular weight excluding hydrogens is 476 g/mol. The third kappa shape index (κ3) is 4.80. The predicted octanol–water partition coefficient (Wildman–Crippen LogP) is 4.48. The van der Waals surface area contributed by atoms with Crippen LogP contribution in [-0.4, -0.2) is 47.4 Å². The molecule has 0 atom stereocenters. The Morgan fingerprint density at radius 2 is 1.79 bits per heavy atom. The number of aryl methyl sites for hydroxylation is 2. The number of fused-ring (bicyclic) bond motifs is 3. The average Bonchev–Trinajstić information content (AvgIpc) is 3.23. The van der Waals surface area contributed by atoms with Gasteiger partial charge in [0.15, 0.2) is 0 Å². The maximum Gasteiger partial charge on any atom is 0.243 e. The number of sulfonamides is 1. The number of piperidine rings is 1. The smallest absolute Gasteiger partial charge is 0.243 e. The summed E-state index contributed by atoms with van der Waals surface area (Å²) >= 11 is 3.17. The lowest BCUT2D eigenvalue weighted by Crippen LogP contribution is -2.35. The second kappa shape index (κ2) is 9.69. The molecule has 33 heavy (non-hydrogen) atoms. The van der Waals surface area contributed by atoms with E-state index in [9.17, 15) is 13.2 Å². The summed E-state index contributed by atoms with van der Waals surface area (Å²) in [6.07, 6.45) is 9.00. The molecule has 1 N–H and O–H groups in total. The molecule has 1 aliphatic heterocycles. The van der Waals surface area contributed by atoms with Crippen molar-refractivity contribution < 1.29 is 13.2 Å². The van der Waals surface area contributed by atoms with Gasteiger partial charge >= 0.3 is 0 Å². The highest BCUT2D eigenvalue weighted by atomic mass is 32.2. The number of aromatic nitrogens is 2. The number of nitrogens with zero attached hydrogens (tertiary/aromatic N) is 3. The van der Waals surface area contributed by atoms with Crippen molar-refractivity contribution in [3.63, 3.8) is 0 Å². The Balaban J connectivity index is 1.23. The van der Waals surface area contributed by atoms with Gasteiger partial charge in [0.2, 0.25) is 15.9 Å². The molecule has 1 aromatic carbocycles. The zero-order valence-electron chi connectivity index (χ0n) is 18.2. The predicted molar refractivity (Wildman–Crippen MR) is 132 cm³/mol. The molecule has 174 valence electrons. The minimum atomic E-state index is -3.47. The summed E-state index contributed by atoms with van der Waals surface area (Å²) in [7, 11) is -3.47. The lowest BCUT2D eigenvalue weighted by Gasteiger charge is -2.25. The number of carbonyl (C=O) groups excluding carboxylic acids is 1. The van der Waals surface area contributed by atoms with Gasteiger partial charge < -0.3 is 5.32 Å². The fourth-order valence-corrected chi connectivity index (χ4v) is 8.10. The topological polar surface area (TPSA) is 92.3 Å². The Morgan fingerprint density at radius 1 is 1.03 bits per heavy atom. The summed E-state index contributed by atoms with van der Waals surface area (Å²) in [5.74, 6) is 0.0763. The van der Waals surface area contributed by atoms with Crippen LogP contribution in [0.2, 0.25) is 0 Å². The molecule has 0 saturated carbocycles. The van der Waals surface area contributed by atoms with Gasteiger partial charge in [0.1, 0.15) is 16.2 Å². The zero-order valence-corrected chi connectivity index (χ0v) is 20.7. The van der Waals surface area contributed by atoms with Crippen LogP contribution >= 0.6 is 23.1 Å². The summed E-state index contributed by atoms with van der Waals surface area (Å²) in [4.78, 5) is 24.2. The fraction of sp³-hybridized carbons (Fsp3) is 0.435. The van der Waals surface area contributed by atoms with E-state index in [0.29, 0.717) is 18.8 Å². The van der Waals surface area contributed by atoms with Gasteiger partial charge in [-0.2, -0.15) is 4.31 Å². The van der Waals surface area contributed by atoms with Crippen molar-refractivity contribution in [3.8, 4) is 0 Å². The van der Waals surface area contributed by atoms with Crippen molar-refractivity contribution >= 4 is 54.9 Å². The fourth-order valence-electron chi connectivity index (χ4n) is 4.47. The van der Waals surface area contributed by atoms with E-state index in [1.165, 1.54) is 35.0 Å². The molecule has 7 nitrogen and oxygen atoms in total. The van der Waals surface area contributed by atoms with Crippen LogP contribution in [-0.2, 0) is 27.7 Å². The molecule has 0 unspecified atom stereocenters. The third-order valence-corrected chi connectivity index (χ3v) is 10.2. The van der Waals surface area contributed by atoms with E-state index in [0.717, 1.165) is 47.3 Å².